The average Bonchev–Trinajstić information content (AvgIpc) is 2.68. The molecule has 5 fully saturated rings. The lowest BCUT2D eigenvalue weighted by molar-refractivity contribution is -0.0372. The molecule has 1 saturated heterocycles. The van der Waals surface area contributed by atoms with Crippen molar-refractivity contribution in [2.45, 2.75) is 56.4 Å². The second kappa shape index (κ2) is 7.28. The zero-order chi connectivity index (χ0) is 20.1. The van der Waals surface area contributed by atoms with Crippen LogP contribution in [0.5, 0.6) is 0 Å². The number of β-amino-alcohol motifs (C(OH)–C–C–N with tert-alkyl or cyclic N) is 1. The lowest BCUT2D eigenvalue weighted by Gasteiger charge is -2.62. The molecule has 1 heterocycles. The van der Waals surface area contributed by atoms with Gasteiger partial charge in [-0.2, -0.15) is 0 Å². The Kier molecular flexibility index (Phi) is 4.86. The van der Waals surface area contributed by atoms with Crippen molar-refractivity contribution >= 4 is 6.03 Å². The predicted octanol–water partition coefficient (Wildman–Crippen LogP) is 2.90. The normalized spacial score (nSPS) is 36.4. The first-order valence-electron chi connectivity index (χ1n) is 11.5. The summed E-state index contributed by atoms with van der Waals surface area (Å²) in [6.45, 7) is 6.31. The highest BCUT2D eigenvalue weighted by atomic mass is 16.3. The van der Waals surface area contributed by atoms with E-state index in [1.165, 1.54) is 30.4 Å². The van der Waals surface area contributed by atoms with E-state index in [1.54, 1.807) is 0 Å². The number of urea groups is 1. The van der Waals surface area contributed by atoms with Crippen molar-refractivity contribution in [2.75, 3.05) is 39.3 Å². The van der Waals surface area contributed by atoms with Gasteiger partial charge in [-0.05, 0) is 68.3 Å². The summed E-state index contributed by atoms with van der Waals surface area (Å²) in [4.78, 5) is 17.4. The molecule has 0 spiro atoms. The number of carbonyl (C=O) groups is 1. The number of carbonyl (C=O) groups excluding carboxylic acids is 1. The number of piperazine rings is 1. The fourth-order valence-corrected chi connectivity index (χ4v) is 7.28. The Morgan fingerprint density at radius 3 is 2.34 bits per heavy atom. The maximum Gasteiger partial charge on any atom is 0.317 e. The number of aliphatic hydroxyl groups excluding tert-OH is 1. The topological polar surface area (TPSA) is 55.8 Å². The van der Waals surface area contributed by atoms with Gasteiger partial charge in [-0.1, -0.05) is 29.8 Å². The van der Waals surface area contributed by atoms with E-state index in [2.05, 4.69) is 41.4 Å². The molecule has 4 saturated carbocycles. The molecule has 4 bridgehead atoms. The van der Waals surface area contributed by atoms with Crippen molar-refractivity contribution in [1.29, 1.82) is 0 Å². The largest absolute Gasteiger partial charge is 0.395 e. The number of rotatable bonds is 4. The molecule has 29 heavy (non-hydrogen) atoms. The van der Waals surface area contributed by atoms with Crippen LogP contribution >= 0.6 is 0 Å². The summed E-state index contributed by atoms with van der Waals surface area (Å²) >= 11 is 0. The average molecular weight is 398 g/mol. The van der Waals surface area contributed by atoms with Gasteiger partial charge in [0.05, 0.1) is 6.61 Å². The van der Waals surface area contributed by atoms with Gasteiger partial charge in [-0.25, -0.2) is 4.79 Å². The Morgan fingerprint density at radius 2 is 1.72 bits per heavy atom. The molecular weight excluding hydrogens is 362 g/mol. The minimum atomic E-state index is -0.0196. The summed E-state index contributed by atoms with van der Waals surface area (Å²) in [5.74, 6) is 1.50. The quantitative estimate of drug-likeness (QED) is 0.821. The minimum absolute atomic E-state index is 0.0196. The number of nitrogens with one attached hydrogen (secondary N) is 1. The van der Waals surface area contributed by atoms with Crippen LogP contribution in [-0.4, -0.2) is 65.8 Å². The van der Waals surface area contributed by atoms with Crippen LogP contribution in [0.15, 0.2) is 24.3 Å². The Morgan fingerprint density at radius 1 is 1.07 bits per heavy atom. The third kappa shape index (κ3) is 3.57. The van der Waals surface area contributed by atoms with E-state index in [1.807, 2.05) is 4.90 Å². The van der Waals surface area contributed by atoms with Crippen LogP contribution in [0, 0.1) is 18.8 Å². The maximum absolute atomic E-state index is 13.2. The lowest BCUT2D eigenvalue weighted by atomic mass is 9.45. The second-order valence-corrected chi connectivity index (χ2v) is 10.4. The second-order valence-electron chi connectivity index (χ2n) is 10.4. The van der Waals surface area contributed by atoms with Gasteiger partial charge in [-0.3, -0.25) is 4.90 Å². The summed E-state index contributed by atoms with van der Waals surface area (Å²) in [7, 11) is 0. The molecule has 4 aliphatic carbocycles. The Balaban J connectivity index is 1.31. The first-order valence-corrected chi connectivity index (χ1v) is 11.5. The number of benzene rings is 1. The Bertz CT molecular complexity index is 740. The highest BCUT2D eigenvalue weighted by Gasteiger charge is 2.58. The highest BCUT2D eigenvalue weighted by Crippen LogP contribution is 2.62. The van der Waals surface area contributed by atoms with Gasteiger partial charge >= 0.3 is 6.03 Å². The zero-order valence-corrected chi connectivity index (χ0v) is 17.7. The van der Waals surface area contributed by atoms with Gasteiger partial charge < -0.3 is 15.3 Å². The number of nitrogens with zero attached hydrogens (tertiary/aromatic N) is 2. The molecule has 1 aliphatic heterocycles. The van der Waals surface area contributed by atoms with Crippen LogP contribution in [0.25, 0.3) is 0 Å². The van der Waals surface area contributed by atoms with Crippen LogP contribution in [0.1, 0.15) is 49.7 Å². The van der Waals surface area contributed by atoms with Crippen molar-refractivity contribution < 1.29 is 9.90 Å². The number of amides is 2. The number of aryl methyl sites for hydroxylation is 1. The molecule has 0 radical (unpaired) electrons. The number of aliphatic hydroxyl groups is 1. The highest BCUT2D eigenvalue weighted by molar-refractivity contribution is 5.75. The summed E-state index contributed by atoms with van der Waals surface area (Å²) in [6, 6.07) is 9.34. The van der Waals surface area contributed by atoms with Crippen LogP contribution in [0.4, 0.5) is 4.79 Å². The molecule has 5 heteroatoms. The first kappa shape index (κ1) is 19.4. The van der Waals surface area contributed by atoms with Gasteiger partial charge in [0.25, 0.3) is 0 Å². The molecule has 5 aliphatic rings. The fraction of sp³-hybridized carbons (Fsp3) is 0.708. The molecule has 6 rings (SSSR count). The molecule has 1 aromatic rings. The first-order chi connectivity index (χ1) is 14.0. The SMILES string of the molecule is Cc1ccc(C23CC4CC(CC(NC(=O)N5CCN(CCO)CC5)(C4)C2)C3)cc1. The molecule has 2 N–H and O–H groups in total. The smallest absolute Gasteiger partial charge is 0.317 e. The summed E-state index contributed by atoms with van der Waals surface area (Å²) in [6.07, 6.45) is 7.37. The van der Waals surface area contributed by atoms with E-state index in [9.17, 15) is 4.79 Å². The Labute approximate surface area is 174 Å². The summed E-state index contributed by atoms with van der Waals surface area (Å²) in [5.41, 5.74) is 3.05. The van der Waals surface area contributed by atoms with E-state index in [-0.39, 0.29) is 23.6 Å². The summed E-state index contributed by atoms with van der Waals surface area (Å²) < 4.78 is 0. The van der Waals surface area contributed by atoms with Crippen LogP contribution in [0.3, 0.4) is 0 Å². The molecule has 5 nitrogen and oxygen atoms in total. The van der Waals surface area contributed by atoms with Crippen LogP contribution in [-0.2, 0) is 5.41 Å². The minimum Gasteiger partial charge on any atom is -0.395 e. The van der Waals surface area contributed by atoms with Crippen LogP contribution < -0.4 is 5.32 Å². The predicted molar refractivity (Wildman–Crippen MR) is 114 cm³/mol. The van der Waals surface area contributed by atoms with Gasteiger partial charge in [0.15, 0.2) is 0 Å². The molecule has 1 aromatic carbocycles. The van der Waals surface area contributed by atoms with Crippen molar-refractivity contribution in [3.05, 3.63) is 35.4 Å². The maximum atomic E-state index is 13.2. The molecule has 158 valence electrons. The van der Waals surface area contributed by atoms with Gasteiger partial charge in [0.2, 0.25) is 0 Å². The van der Waals surface area contributed by atoms with E-state index in [0.717, 1.165) is 57.3 Å². The van der Waals surface area contributed by atoms with Crippen molar-refractivity contribution in [3.8, 4) is 0 Å². The summed E-state index contributed by atoms with van der Waals surface area (Å²) in [5, 5.41) is 12.7. The third-order valence-electron chi connectivity index (χ3n) is 8.17. The monoisotopic (exact) mass is 397 g/mol. The number of hydrogen-bond donors (Lipinski definition) is 2. The van der Waals surface area contributed by atoms with Crippen molar-refractivity contribution in [3.63, 3.8) is 0 Å². The van der Waals surface area contributed by atoms with Gasteiger partial charge in [0.1, 0.15) is 0 Å². The van der Waals surface area contributed by atoms with E-state index in [4.69, 9.17) is 5.11 Å². The third-order valence-corrected chi connectivity index (χ3v) is 8.17. The van der Waals surface area contributed by atoms with Gasteiger partial charge in [0, 0.05) is 38.3 Å². The molecule has 2 amide bonds. The molecule has 0 aromatic heterocycles. The molecular formula is C24H35N3O2. The van der Waals surface area contributed by atoms with E-state index in [0.29, 0.717) is 6.54 Å². The Hall–Kier alpha value is -1.59. The van der Waals surface area contributed by atoms with Crippen molar-refractivity contribution in [2.24, 2.45) is 11.8 Å². The van der Waals surface area contributed by atoms with Crippen LogP contribution in [0.2, 0.25) is 0 Å². The van der Waals surface area contributed by atoms with E-state index >= 15 is 0 Å². The van der Waals surface area contributed by atoms with E-state index < -0.39 is 0 Å². The van der Waals surface area contributed by atoms with Gasteiger partial charge in [-0.15, -0.1) is 0 Å². The molecule has 2 atom stereocenters. The van der Waals surface area contributed by atoms with Crippen molar-refractivity contribution in [1.82, 2.24) is 15.1 Å². The lowest BCUT2D eigenvalue weighted by Crippen LogP contribution is -2.66. The standard InChI is InChI=1S/C24H35N3O2/c1-18-2-4-21(5-3-18)23-13-19-12-20(14-23)16-24(15-19,17-23)25-22(29)27-8-6-26(7-9-27)10-11-28/h2-5,19-20,28H,6-17H2,1H3,(H,25,29). The molecule has 2 unspecified atom stereocenters. The number of hydrogen-bond acceptors (Lipinski definition) is 3. The fourth-order valence-electron chi connectivity index (χ4n) is 7.28. The zero-order valence-electron chi connectivity index (χ0n) is 17.7.